The highest BCUT2D eigenvalue weighted by Crippen LogP contribution is 2.35. The van der Waals surface area contributed by atoms with Crippen LogP contribution in [0.1, 0.15) is 39.5 Å². The third-order valence-corrected chi connectivity index (χ3v) is 7.53. The molecule has 0 fully saturated rings. The van der Waals surface area contributed by atoms with Crippen LogP contribution in [0.15, 0.2) is 53.4 Å². The minimum Gasteiger partial charge on any atom is -0.354 e. The van der Waals surface area contributed by atoms with Gasteiger partial charge in [0.25, 0.3) is 10.0 Å². The van der Waals surface area contributed by atoms with Crippen molar-refractivity contribution < 1.29 is 13.2 Å². The van der Waals surface area contributed by atoms with Crippen LogP contribution in [0.5, 0.6) is 0 Å². The molecule has 0 bridgehead atoms. The first-order valence-electron chi connectivity index (χ1n) is 10.1. The standard InChI is InChI=1S/C22H28Cl2N2O3S/c1-3-5-10-17(4-2)15-25-21(27)16-26(20-14-9-13-19(23)22(20)24)30(28,29)18-11-7-6-8-12-18/h6-9,11-14,17H,3-5,10,15-16H2,1-2H3,(H,25,27)/t17-/m1/s1. The van der Waals surface area contributed by atoms with Gasteiger partial charge in [0.1, 0.15) is 6.54 Å². The maximum Gasteiger partial charge on any atom is 0.264 e. The van der Waals surface area contributed by atoms with Gasteiger partial charge >= 0.3 is 0 Å². The van der Waals surface area contributed by atoms with Crippen molar-refractivity contribution in [3.05, 3.63) is 58.6 Å². The van der Waals surface area contributed by atoms with Crippen molar-refractivity contribution >= 4 is 44.8 Å². The summed E-state index contributed by atoms with van der Waals surface area (Å²) in [5.41, 5.74) is 0.168. The van der Waals surface area contributed by atoms with Crippen molar-refractivity contribution in [2.45, 2.75) is 44.4 Å². The van der Waals surface area contributed by atoms with Gasteiger partial charge < -0.3 is 5.32 Å². The minimum atomic E-state index is -4.02. The molecule has 0 unspecified atom stereocenters. The van der Waals surface area contributed by atoms with Gasteiger partial charge in [-0.25, -0.2) is 8.42 Å². The number of nitrogens with zero attached hydrogens (tertiary/aromatic N) is 1. The molecular weight excluding hydrogens is 443 g/mol. The normalized spacial score (nSPS) is 12.4. The molecule has 0 saturated heterocycles. The first kappa shape index (κ1) is 24.5. The van der Waals surface area contributed by atoms with Crippen molar-refractivity contribution in [1.29, 1.82) is 0 Å². The van der Waals surface area contributed by atoms with Gasteiger partial charge in [-0.3, -0.25) is 9.10 Å². The number of amides is 1. The fraction of sp³-hybridized carbons (Fsp3) is 0.409. The Kier molecular flexibility index (Phi) is 9.46. The number of hydrogen-bond donors (Lipinski definition) is 1. The highest BCUT2D eigenvalue weighted by Gasteiger charge is 2.29. The molecule has 2 aromatic carbocycles. The number of carbonyl (C=O) groups excluding carboxylic acids is 1. The number of nitrogens with one attached hydrogen (secondary N) is 1. The van der Waals surface area contributed by atoms with Gasteiger partial charge in [0, 0.05) is 6.54 Å². The molecule has 5 nitrogen and oxygen atoms in total. The van der Waals surface area contributed by atoms with Crippen LogP contribution in [0.3, 0.4) is 0 Å². The van der Waals surface area contributed by atoms with E-state index in [0.29, 0.717) is 12.5 Å². The van der Waals surface area contributed by atoms with E-state index in [4.69, 9.17) is 23.2 Å². The number of unbranched alkanes of at least 4 members (excludes halogenated alkanes) is 1. The first-order valence-corrected chi connectivity index (χ1v) is 12.3. The van der Waals surface area contributed by atoms with Crippen LogP contribution in [-0.4, -0.2) is 27.4 Å². The quantitative estimate of drug-likeness (QED) is 0.469. The molecule has 1 amide bonds. The lowest BCUT2D eigenvalue weighted by molar-refractivity contribution is -0.119. The first-order chi connectivity index (χ1) is 14.3. The summed E-state index contributed by atoms with van der Waals surface area (Å²) in [6, 6.07) is 12.7. The largest absolute Gasteiger partial charge is 0.354 e. The van der Waals surface area contributed by atoms with Crippen LogP contribution in [0, 0.1) is 5.92 Å². The lowest BCUT2D eigenvalue weighted by atomic mass is 9.99. The molecule has 2 rings (SSSR count). The molecule has 0 aliphatic heterocycles. The van der Waals surface area contributed by atoms with Crippen molar-refractivity contribution in [2.24, 2.45) is 5.92 Å². The molecular formula is C22H28Cl2N2O3S. The summed E-state index contributed by atoms with van der Waals surface area (Å²) in [4.78, 5) is 12.8. The van der Waals surface area contributed by atoms with Gasteiger partial charge in [0.2, 0.25) is 5.91 Å². The average Bonchev–Trinajstić information content (AvgIpc) is 2.75. The number of hydrogen-bond acceptors (Lipinski definition) is 3. The third-order valence-electron chi connectivity index (χ3n) is 4.95. The summed E-state index contributed by atoms with van der Waals surface area (Å²) in [6.07, 6.45) is 4.17. The van der Waals surface area contributed by atoms with Crippen LogP contribution in [0.25, 0.3) is 0 Å². The van der Waals surface area contributed by atoms with E-state index in [-0.39, 0.29) is 33.1 Å². The summed E-state index contributed by atoms with van der Waals surface area (Å²) < 4.78 is 27.6. The lowest BCUT2D eigenvalue weighted by Crippen LogP contribution is -2.42. The van der Waals surface area contributed by atoms with Crippen LogP contribution < -0.4 is 9.62 Å². The van der Waals surface area contributed by atoms with Crippen LogP contribution in [-0.2, 0) is 14.8 Å². The number of anilines is 1. The predicted molar refractivity (Wildman–Crippen MR) is 124 cm³/mol. The average molecular weight is 471 g/mol. The van der Waals surface area contributed by atoms with Crippen molar-refractivity contribution in [3.8, 4) is 0 Å². The summed E-state index contributed by atoms with van der Waals surface area (Å²) in [6.45, 7) is 4.34. The van der Waals surface area contributed by atoms with E-state index in [0.717, 1.165) is 30.0 Å². The van der Waals surface area contributed by atoms with Crippen molar-refractivity contribution in [2.75, 3.05) is 17.4 Å². The fourth-order valence-corrected chi connectivity index (χ4v) is 4.99. The van der Waals surface area contributed by atoms with Crippen molar-refractivity contribution in [3.63, 3.8) is 0 Å². The number of rotatable bonds is 11. The molecule has 0 radical (unpaired) electrons. The Labute approximate surface area is 189 Å². The Morgan fingerprint density at radius 3 is 2.40 bits per heavy atom. The van der Waals surface area contributed by atoms with Crippen LogP contribution in [0.4, 0.5) is 5.69 Å². The number of halogens is 2. The van der Waals surface area contributed by atoms with Gasteiger partial charge in [-0.05, 0) is 36.6 Å². The SMILES string of the molecule is CCCC[C@@H](CC)CNC(=O)CN(c1cccc(Cl)c1Cl)S(=O)(=O)c1ccccc1. The van der Waals surface area contributed by atoms with Gasteiger partial charge in [-0.15, -0.1) is 0 Å². The highest BCUT2D eigenvalue weighted by molar-refractivity contribution is 7.92. The Morgan fingerprint density at radius 2 is 1.77 bits per heavy atom. The predicted octanol–water partition coefficient (Wildman–Crippen LogP) is 5.52. The number of benzene rings is 2. The molecule has 0 aromatic heterocycles. The second-order valence-corrected chi connectivity index (χ2v) is 9.77. The highest BCUT2D eigenvalue weighted by atomic mass is 35.5. The number of carbonyl (C=O) groups is 1. The van der Waals surface area contributed by atoms with Crippen molar-refractivity contribution in [1.82, 2.24) is 5.32 Å². The van der Waals surface area contributed by atoms with E-state index < -0.39 is 10.0 Å². The molecule has 0 spiro atoms. The summed E-state index contributed by atoms with van der Waals surface area (Å²) in [7, 11) is -4.02. The Balaban J connectivity index is 2.29. The second-order valence-electron chi connectivity index (χ2n) is 7.12. The molecule has 0 saturated carbocycles. The monoisotopic (exact) mass is 470 g/mol. The maximum atomic E-state index is 13.3. The van der Waals surface area contributed by atoms with Crippen LogP contribution in [0.2, 0.25) is 10.0 Å². The topological polar surface area (TPSA) is 66.5 Å². The Hall–Kier alpha value is -1.76. The van der Waals surface area contributed by atoms with Gasteiger partial charge in [-0.2, -0.15) is 0 Å². The second kappa shape index (κ2) is 11.6. The summed E-state index contributed by atoms with van der Waals surface area (Å²) in [5.74, 6) is -0.0247. The molecule has 8 heteroatoms. The molecule has 1 N–H and O–H groups in total. The zero-order valence-corrected chi connectivity index (χ0v) is 19.6. The Bertz CT molecular complexity index is 937. The zero-order chi connectivity index (χ0) is 22.1. The lowest BCUT2D eigenvalue weighted by Gasteiger charge is -2.25. The smallest absolute Gasteiger partial charge is 0.264 e. The van der Waals surface area contributed by atoms with E-state index >= 15 is 0 Å². The molecule has 0 aliphatic rings. The minimum absolute atomic E-state index is 0.0724. The zero-order valence-electron chi connectivity index (χ0n) is 17.3. The van der Waals surface area contributed by atoms with E-state index in [1.807, 2.05) is 0 Å². The molecule has 0 aliphatic carbocycles. The van der Waals surface area contributed by atoms with E-state index in [2.05, 4.69) is 19.2 Å². The Morgan fingerprint density at radius 1 is 1.07 bits per heavy atom. The molecule has 2 aromatic rings. The van der Waals surface area contributed by atoms with Gasteiger partial charge in [0.05, 0.1) is 20.6 Å². The van der Waals surface area contributed by atoms with Gasteiger partial charge in [0.15, 0.2) is 0 Å². The van der Waals surface area contributed by atoms with Crippen LogP contribution >= 0.6 is 23.2 Å². The fourth-order valence-electron chi connectivity index (χ4n) is 3.09. The number of sulfonamides is 1. The summed E-state index contributed by atoms with van der Waals surface area (Å²) >= 11 is 12.4. The summed E-state index contributed by atoms with van der Waals surface area (Å²) in [5, 5.41) is 3.18. The molecule has 164 valence electrons. The maximum absolute atomic E-state index is 13.3. The van der Waals surface area contributed by atoms with E-state index in [9.17, 15) is 13.2 Å². The molecule has 0 heterocycles. The van der Waals surface area contributed by atoms with Gasteiger partial charge in [-0.1, -0.05) is 80.6 Å². The third kappa shape index (κ3) is 6.37. The molecule has 1 atom stereocenters. The van der Waals surface area contributed by atoms with E-state index in [1.165, 1.54) is 18.2 Å². The van der Waals surface area contributed by atoms with E-state index in [1.54, 1.807) is 30.3 Å². The molecule has 30 heavy (non-hydrogen) atoms.